The van der Waals surface area contributed by atoms with Crippen LogP contribution in [0.2, 0.25) is 0 Å². The molecule has 2 aromatic heterocycles. The van der Waals surface area contributed by atoms with E-state index >= 15 is 0 Å². The molecule has 0 saturated heterocycles. The second kappa shape index (κ2) is 8.10. The number of aromatic nitrogens is 2. The van der Waals surface area contributed by atoms with Crippen molar-refractivity contribution in [1.82, 2.24) is 9.97 Å². The maximum Gasteiger partial charge on any atom is 0.338 e. The van der Waals surface area contributed by atoms with E-state index in [4.69, 9.17) is 9.15 Å². The highest BCUT2D eigenvalue weighted by atomic mass is 16.5. The molecule has 0 aliphatic carbocycles. The van der Waals surface area contributed by atoms with Crippen LogP contribution in [0.25, 0.3) is 34.0 Å². The van der Waals surface area contributed by atoms with Gasteiger partial charge in [0, 0.05) is 11.6 Å². The molecule has 6 heteroatoms. The molecule has 0 bridgehead atoms. The number of hydrogen-bond donors (Lipinski definition) is 1. The Morgan fingerprint density at radius 1 is 1.23 bits per heavy atom. The summed E-state index contributed by atoms with van der Waals surface area (Å²) >= 11 is 0. The maximum absolute atomic E-state index is 12.0. The van der Waals surface area contributed by atoms with E-state index in [0.29, 0.717) is 35.1 Å². The summed E-state index contributed by atoms with van der Waals surface area (Å²) in [6.07, 6.45) is 1.64. The number of nitrogens with one attached hydrogen (secondary N) is 1. The topological polar surface area (TPSA) is 91.9 Å². The molecule has 1 N–H and O–H groups in total. The Bertz CT molecular complexity index is 1300. The number of aromatic amines is 1. The minimum absolute atomic E-state index is 0.317. The summed E-state index contributed by atoms with van der Waals surface area (Å²) in [7, 11) is 0. The lowest BCUT2D eigenvalue weighted by Gasteiger charge is -2.03. The van der Waals surface area contributed by atoms with Gasteiger partial charge in [-0.15, -0.1) is 0 Å². The summed E-state index contributed by atoms with van der Waals surface area (Å²) in [6, 6.07) is 18.7. The Hall–Kier alpha value is -4.11. The molecule has 0 fully saturated rings. The summed E-state index contributed by atoms with van der Waals surface area (Å²) in [5.74, 6) is 1.21. The van der Waals surface area contributed by atoms with Crippen molar-refractivity contribution in [3.05, 3.63) is 77.3 Å². The Morgan fingerprint density at radius 3 is 2.90 bits per heavy atom. The van der Waals surface area contributed by atoms with Gasteiger partial charge < -0.3 is 14.1 Å². The number of carbonyl (C=O) groups is 1. The standard InChI is InChI=1S/C24H19N3O3/c1-3-29-24(28)17-6-4-5-16(12-17)22-10-8-19(30-22)13-18(14-25)23-26-20-9-7-15(2)11-21(20)27-23/h4-13H,3H2,1-2H3,(H,26,27)/b18-13+. The predicted molar refractivity (Wildman–Crippen MR) is 114 cm³/mol. The zero-order chi connectivity index (χ0) is 21.1. The van der Waals surface area contributed by atoms with Crippen molar-refractivity contribution in [3.8, 4) is 17.4 Å². The molecule has 0 unspecified atom stereocenters. The van der Waals surface area contributed by atoms with Gasteiger partial charge in [0.15, 0.2) is 0 Å². The molecular formula is C24H19N3O3. The number of benzene rings is 2. The zero-order valence-electron chi connectivity index (χ0n) is 16.6. The van der Waals surface area contributed by atoms with Crippen molar-refractivity contribution in [1.29, 1.82) is 5.26 Å². The number of nitriles is 1. The van der Waals surface area contributed by atoms with Crippen molar-refractivity contribution < 1.29 is 13.9 Å². The molecule has 148 valence electrons. The van der Waals surface area contributed by atoms with E-state index in [-0.39, 0.29) is 5.97 Å². The third kappa shape index (κ3) is 3.87. The summed E-state index contributed by atoms with van der Waals surface area (Å²) < 4.78 is 10.9. The lowest BCUT2D eigenvalue weighted by atomic mass is 10.1. The van der Waals surface area contributed by atoms with Crippen molar-refractivity contribution in [2.24, 2.45) is 0 Å². The van der Waals surface area contributed by atoms with E-state index in [1.54, 1.807) is 43.3 Å². The molecular weight excluding hydrogens is 378 g/mol. The van der Waals surface area contributed by atoms with Gasteiger partial charge in [0.25, 0.3) is 0 Å². The van der Waals surface area contributed by atoms with Gasteiger partial charge in [-0.25, -0.2) is 9.78 Å². The Morgan fingerprint density at radius 2 is 2.10 bits per heavy atom. The smallest absolute Gasteiger partial charge is 0.338 e. The monoisotopic (exact) mass is 397 g/mol. The Labute approximate surface area is 173 Å². The fraction of sp³-hybridized carbons (Fsp3) is 0.125. The summed E-state index contributed by atoms with van der Waals surface area (Å²) in [4.78, 5) is 19.6. The lowest BCUT2D eigenvalue weighted by Crippen LogP contribution is -2.04. The van der Waals surface area contributed by atoms with Crippen molar-refractivity contribution in [3.63, 3.8) is 0 Å². The number of fused-ring (bicyclic) bond motifs is 1. The van der Waals surface area contributed by atoms with Crippen LogP contribution < -0.4 is 0 Å². The Balaban J connectivity index is 1.64. The summed E-state index contributed by atoms with van der Waals surface area (Å²) in [5.41, 5.74) is 4.36. The number of carbonyl (C=O) groups excluding carboxylic acids is 1. The van der Waals surface area contributed by atoms with Gasteiger partial charge in [-0.2, -0.15) is 5.26 Å². The number of ether oxygens (including phenoxy) is 1. The van der Waals surface area contributed by atoms with Gasteiger partial charge in [0.05, 0.1) is 28.8 Å². The molecule has 30 heavy (non-hydrogen) atoms. The van der Waals surface area contributed by atoms with Gasteiger partial charge in [0.1, 0.15) is 23.4 Å². The molecule has 0 aliphatic rings. The minimum Gasteiger partial charge on any atom is -0.462 e. The zero-order valence-corrected chi connectivity index (χ0v) is 16.6. The first-order chi connectivity index (χ1) is 14.6. The van der Waals surface area contributed by atoms with Gasteiger partial charge in [0.2, 0.25) is 0 Å². The van der Waals surface area contributed by atoms with E-state index < -0.39 is 0 Å². The predicted octanol–water partition coefficient (Wildman–Crippen LogP) is 5.37. The lowest BCUT2D eigenvalue weighted by molar-refractivity contribution is 0.0526. The number of aryl methyl sites for hydroxylation is 1. The van der Waals surface area contributed by atoms with E-state index in [0.717, 1.165) is 22.2 Å². The molecule has 2 aromatic carbocycles. The van der Waals surface area contributed by atoms with Crippen LogP contribution in [-0.4, -0.2) is 22.5 Å². The number of furan rings is 1. The van der Waals surface area contributed by atoms with Gasteiger partial charge in [-0.1, -0.05) is 18.2 Å². The fourth-order valence-corrected chi connectivity index (χ4v) is 3.15. The van der Waals surface area contributed by atoms with Crippen LogP contribution in [0, 0.1) is 18.3 Å². The van der Waals surface area contributed by atoms with Crippen LogP contribution in [-0.2, 0) is 4.74 Å². The first-order valence-electron chi connectivity index (χ1n) is 9.53. The van der Waals surface area contributed by atoms with Crippen LogP contribution in [0.15, 0.2) is 59.0 Å². The quantitative estimate of drug-likeness (QED) is 0.361. The number of rotatable bonds is 5. The average Bonchev–Trinajstić information content (AvgIpc) is 3.39. The van der Waals surface area contributed by atoms with Crippen LogP contribution >= 0.6 is 0 Å². The fourth-order valence-electron chi connectivity index (χ4n) is 3.15. The van der Waals surface area contributed by atoms with E-state index in [1.165, 1.54) is 0 Å². The third-order valence-corrected chi connectivity index (χ3v) is 4.58. The summed E-state index contributed by atoms with van der Waals surface area (Å²) in [5, 5.41) is 9.62. The first kappa shape index (κ1) is 19.2. The van der Waals surface area contributed by atoms with E-state index in [9.17, 15) is 10.1 Å². The maximum atomic E-state index is 12.0. The van der Waals surface area contributed by atoms with Crippen LogP contribution in [0.5, 0.6) is 0 Å². The third-order valence-electron chi connectivity index (χ3n) is 4.58. The highest BCUT2D eigenvalue weighted by Gasteiger charge is 2.12. The van der Waals surface area contributed by atoms with Crippen LogP contribution in [0.3, 0.4) is 0 Å². The molecule has 4 rings (SSSR count). The number of H-pyrrole nitrogens is 1. The number of imidazole rings is 1. The number of esters is 1. The van der Waals surface area contributed by atoms with Crippen molar-refractivity contribution in [2.75, 3.05) is 6.61 Å². The second-order valence-electron chi connectivity index (χ2n) is 6.78. The molecule has 0 aliphatic heterocycles. The number of hydrogen-bond acceptors (Lipinski definition) is 5. The van der Waals surface area contributed by atoms with Gasteiger partial charge in [-0.05, 0) is 55.8 Å². The Kier molecular flexibility index (Phi) is 5.19. The molecule has 0 amide bonds. The molecule has 0 radical (unpaired) electrons. The molecule has 0 spiro atoms. The minimum atomic E-state index is -0.377. The molecule has 4 aromatic rings. The molecule has 0 atom stereocenters. The largest absolute Gasteiger partial charge is 0.462 e. The average molecular weight is 397 g/mol. The highest BCUT2D eigenvalue weighted by molar-refractivity contribution is 5.91. The van der Waals surface area contributed by atoms with Crippen LogP contribution in [0.4, 0.5) is 0 Å². The number of nitrogens with zero attached hydrogens (tertiary/aromatic N) is 2. The van der Waals surface area contributed by atoms with Crippen molar-refractivity contribution >= 4 is 28.7 Å². The highest BCUT2D eigenvalue weighted by Crippen LogP contribution is 2.26. The van der Waals surface area contributed by atoms with Crippen LogP contribution in [0.1, 0.15) is 34.4 Å². The van der Waals surface area contributed by atoms with Crippen molar-refractivity contribution in [2.45, 2.75) is 13.8 Å². The summed E-state index contributed by atoms with van der Waals surface area (Å²) in [6.45, 7) is 4.09. The molecule has 2 heterocycles. The SMILES string of the molecule is CCOC(=O)c1cccc(-c2ccc(/C=C(\C#N)c3nc4ccc(C)cc4[nH]3)o2)c1. The normalized spacial score (nSPS) is 11.4. The number of allylic oxidation sites excluding steroid dienone is 1. The van der Waals surface area contributed by atoms with E-state index in [1.807, 2.05) is 31.2 Å². The second-order valence-corrected chi connectivity index (χ2v) is 6.78. The van der Waals surface area contributed by atoms with E-state index in [2.05, 4.69) is 16.0 Å². The first-order valence-corrected chi connectivity index (χ1v) is 9.53. The van der Waals surface area contributed by atoms with Gasteiger partial charge in [-0.3, -0.25) is 0 Å². The van der Waals surface area contributed by atoms with Gasteiger partial charge >= 0.3 is 5.97 Å². The molecule has 6 nitrogen and oxygen atoms in total. The molecule has 0 saturated carbocycles.